The molecule has 180 valence electrons. The fraction of sp³-hybridized carbons (Fsp3) is 0.957. The molecule has 0 aliphatic carbocycles. The highest BCUT2D eigenvalue weighted by molar-refractivity contribution is 5.57. The number of carbonyl (C=O) groups excluding carboxylic acids is 1. The maximum atomic E-state index is 11.1. The molecule has 0 spiro atoms. The van der Waals surface area contributed by atoms with E-state index >= 15 is 0 Å². The minimum Gasteiger partial charge on any atom is -0.226 e. The van der Waals surface area contributed by atoms with Gasteiger partial charge in [0, 0.05) is 0 Å². The highest BCUT2D eigenvalue weighted by Crippen LogP contribution is 2.13. The van der Waals surface area contributed by atoms with E-state index in [2.05, 4.69) is 26.8 Å². The Morgan fingerprint density at radius 3 is 1.43 bits per heavy atom. The van der Waals surface area contributed by atoms with Gasteiger partial charge in [0.15, 0.2) is 0 Å². The van der Waals surface area contributed by atoms with Crippen LogP contribution in [-0.4, -0.2) is 18.4 Å². The average molecular weight is 435 g/mol. The van der Waals surface area contributed by atoms with Crippen LogP contribution in [0.1, 0.15) is 130 Å². The molecule has 0 bridgehead atoms. The van der Waals surface area contributed by atoms with Crippen LogP contribution in [0.25, 0.3) is 0 Å². The minimum absolute atomic E-state index is 0.352. The summed E-state index contributed by atoms with van der Waals surface area (Å²) in [5, 5.41) is 8.53. The fourth-order valence-corrected chi connectivity index (χ4v) is 2.96. The van der Waals surface area contributed by atoms with Crippen molar-refractivity contribution in [1.29, 1.82) is 0 Å². The summed E-state index contributed by atoms with van der Waals surface area (Å²) in [5.41, 5.74) is -0.606. The molecule has 0 unspecified atom stereocenters. The molecular formula is C23H46O7. The van der Waals surface area contributed by atoms with Gasteiger partial charge < -0.3 is 0 Å². The lowest BCUT2D eigenvalue weighted by Gasteiger charge is -2.14. The van der Waals surface area contributed by atoms with E-state index in [0.29, 0.717) is 6.61 Å². The average Bonchev–Trinajstić information content (AvgIpc) is 2.68. The van der Waals surface area contributed by atoms with Crippen LogP contribution in [0.5, 0.6) is 0 Å². The summed E-state index contributed by atoms with van der Waals surface area (Å²) in [6.45, 7) is 7.83. The van der Waals surface area contributed by atoms with Gasteiger partial charge in [0.05, 0.1) is 12.2 Å². The molecule has 7 nitrogen and oxygen atoms in total. The van der Waals surface area contributed by atoms with Gasteiger partial charge in [-0.1, -0.05) is 103 Å². The Hall–Kier alpha value is -0.890. The predicted octanol–water partition coefficient (Wildman–Crippen LogP) is 7.93. The van der Waals surface area contributed by atoms with E-state index in [0.717, 1.165) is 12.8 Å². The van der Waals surface area contributed by atoms with E-state index in [9.17, 15) is 4.79 Å². The molecule has 0 N–H and O–H groups in total. The van der Waals surface area contributed by atoms with Crippen LogP contribution in [0.2, 0.25) is 0 Å². The molecule has 0 amide bonds. The lowest BCUT2D eigenvalue weighted by Crippen LogP contribution is -2.21. The van der Waals surface area contributed by atoms with Crippen molar-refractivity contribution in [3.8, 4) is 0 Å². The first-order valence-corrected chi connectivity index (χ1v) is 12.0. The van der Waals surface area contributed by atoms with E-state index in [4.69, 9.17) is 9.78 Å². The molecule has 0 aromatic rings. The van der Waals surface area contributed by atoms with Crippen LogP contribution in [-0.2, 0) is 29.6 Å². The number of unbranched alkanes of at least 4 members (excludes halogenated alkanes) is 15. The third-order valence-corrected chi connectivity index (χ3v) is 4.62. The van der Waals surface area contributed by atoms with E-state index in [1.54, 1.807) is 20.8 Å². The Morgan fingerprint density at radius 1 is 0.600 bits per heavy atom. The lowest BCUT2D eigenvalue weighted by atomic mass is 10.0. The molecule has 0 rings (SSSR count). The standard InChI is InChI=1S/C23H46O7/c1-5-6-7-8-9-10-11-12-13-14-15-16-17-18-19-20-21-25-29-26-22(24)27-30-28-23(2,3)4/h5-21H2,1-4H3. The van der Waals surface area contributed by atoms with E-state index in [-0.39, 0.29) is 0 Å². The molecule has 30 heavy (non-hydrogen) atoms. The summed E-state index contributed by atoms with van der Waals surface area (Å²) in [6.07, 6.45) is 19.8. The maximum absolute atomic E-state index is 11.1. The highest BCUT2D eigenvalue weighted by atomic mass is 17.6. The van der Waals surface area contributed by atoms with Gasteiger partial charge in [-0.05, 0) is 37.3 Å². The second kappa shape index (κ2) is 21.3. The smallest absolute Gasteiger partial charge is 0.226 e. The largest absolute Gasteiger partial charge is 0.577 e. The van der Waals surface area contributed by atoms with E-state index in [1.807, 2.05) is 0 Å². The molecule has 0 aromatic heterocycles. The number of hydrogen-bond donors (Lipinski definition) is 0. The van der Waals surface area contributed by atoms with E-state index in [1.165, 1.54) is 89.9 Å². The summed E-state index contributed by atoms with van der Waals surface area (Å²) < 4.78 is 0. The number of carbonyl (C=O) groups is 1. The summed E-state index contributed by atoms with van der Waals surface area (Å²) in [7, 11) is 0. The van der Waals surface area contributed by atoms with Crippen molar-refractivity contribution >= 4 is 6.16 Å². The Kier molecular flexibility index (Phi) is 20.7. The summed E-state index contributed by atoms with van der Waals surface area (Å²) in [6, 6.07) is 0. The zero-order chi connectivity index (χ0) is 22.3. The fourth-order valence-electron chi connectivity index (χ4n) is 2.96. The van der Waals surface area contributed by atoms with Crippen molar-refractivity contribution in [3.05, 3.63) is 0 Å². The Labute approximate surface area is 183 Å². The van der Waals surface area contributed by atoms with Gasteiger partial charge in [0.25, 0.3) is 0 Å². The molecule has 0 fully saturated rings. The predicted molar refractivity (Wildman–Crippen MR) is 116 cm³/mol. The molecule has 0 aliphatic heterocycles. The normalized spacial score (nSPS) is 11.6. The van der Waals surface area contributed by atoms with Crippen LogP contribution in [0, 0.1) is 0 Å². The van der Waals surface area contributed by atoms with Gasteiger partial charge in [0.1, 0.15) is 0 Å². The van der Waals surface area contributed by atoms with Gasteiger partial charge in [-0.2, -0.15) is 14.6 Å². The van der Waals surface area contributed by atoms with E-state index < -0.39 is 11.8 Å². The summed E-state index contributed by atoms with van der Waals surface area (Å²) in [4.78, 5) is 28.9. The first-order chi connectivity index (χ1) is 14.5. The summed E-state index contributed by atoms with van der Waals surface area (Å²) in [5.74, 6) is 0. The van der Waals surface area contributed by atoms with Gasteiger partial charge in [0.2, 0.25) is 0 Å². The van der Waals surface area contributed by atoms with Crippen molar-refractivity contribution < 1.29 is 34.4 Å². The molecule has 0 aromatic carbocycles. The molecule has 0 saturated carbocycles. The topological polar surface area (TPSA) is 72.5 Å². The van der Waals surface area contributed by atoms with Crippen molar-refractivity contribution in [1.82, 2.24) is 0 Å². The quantitative estimate of drug-likeness (QED) is 0.103. The monoisotopic (exact) mass is 434 g/mol. The molecule has 0 saturated heterocycles. The second-order valence-electron chi connectivity index (χ2n) is 8.87. The van der Waals surface area contributed by atoms with Crippen LogP contribution in [0.4, 0.5) is 4.79 Å². The Morgan fingerprint density at radius 2 is 1.00 bits per heavy atom. The first-order valence-electron chi connectivity index (χ1n) is 12.0. The van der Waals surface area contributed by atoms with Crippen molar-refractivity contribution in [2.75, 3.05) is 6.61 Å². The molecular weight excluding hydrogens is 388 g/mol. The second-order valence-corrected chi connectivity index (χ2v) is 8.87. The minimum atomic E-state index is -1.20. The molecule has 0 aliphatic rings. The summed E-state index contributed by atoms with van der Waals surface area (Å²) >= 11 is 0. The van der Waals surface area contributed by atoms with Crippen LogP contribution >= 0.6 is 0 Å². The number of hydrogen-bond acceptors (Lipinski definition) is 7. The van der Waals surface area contributed by atoms with Crippen LogP contribution in [0.3, 0.4) is 0 Å². The van der Waals surface area contributed by atoms with Crippen molar-refractivity contribution in [3.63, 3.8) is 0 Å². The Bertz CT molecular complexity index is 369. The highest BCUT2D eigenvalue weighted by Gasteiger charge is 2.15. The number of rotatable bonds is 21. The third-order valence-electron chi connectivity index (χ3n) is 4.62. The SMILES string of the molecule is CCCCCCCCCCCCCCCCCCOOOC(=O)OOOC(C)(C)C. The third kappa shape index (κ3) is 25.1. The molecule has 7 heteroatoms. The maximum Gasteiger partial charge on any atom is 0.577 e. The van der Waals surface area contributed by atoms with Crippen LogP contribution in [0.15, 0.2) is 0 Å². The molecule has 0 radical (unpaired) electrons. The Balaban J connectivity index is 3.13. The lowest BCUT2D eigenvalue weighted by molar-refractivity contribution is -0.542. The molecule has 0 heterocycles. The van der Waals surface area contributed by atoms with Crippen molar-refractivity contribution in [2.45, 2.75) is 136 Å². The van der Waals surface area contributed by atoms with Gasteiger partial charge in [-0.3, -0.25) is 0 Å². The molecule has 0 atom stereocenters. The van der Waals surface area contributed by atoms with Gasteiger partial charge >= 0.3 is 6.16 Å². The zero-order valence-corrected chi connectivity index (χ0v) is 19.9. The van der Waals surface area contributed by atoms with Crippen molar-refractivity contribution in [2.24, 2.45) is 0 Å². The van der Waals surface area contributed by atoms with Crippen LogP contribution < -0.4 is 0 Å². The zero-order valence-electron chi connectivity index (χ0n) is 19.9. The van der Waals surface area contributed by atoms with Gasteiger partial charge in [-0.15, -0.1) is 0 Å². The van der Waals surface area contributed by atoms with Gasteiger partial charge in [-0.25, -0.2) is 9.78 Å². The first kappa shape index (κ1) is 29.1.